The number of ketones is 1. The van der Waals surface area contributed by atoms with Crippen LogP contribution in [-0.4, -0.2) is 20.8 Å². The molecule has 1 aromatic heterocycles. The number of benzene rings is 1. The van der Waals surface area contributed by atoms with Crippen LogP contribution >= 0.6 is 11.6 Å². The SMILES string of the molecule is Cc1cccc(C(=O)Cc2cn(C)nn2)c1Cl. The summed E-state index contributed by atoms with van der Waals surface area (Å²) in [4.78, 5) is 12.0. The van der Waals surface area contributed by atoms with Gasteiger partial charge in [-0.25, -0.2) is 0 Å². The predicted molar refractivity (Wildman–Crippen MR) is 65.2 cm³/mol. The zero-order chi connectivity index (χ0) is 12.4. The number of hydrogen-bond donors (Lipinski definition) is 0. The molecule has 0 aliphatic rings. The summed E-state index contributed by atoms with van der Waals surface area (Å²) in [7, 11) is 1.76. The first-order valence-electron chi connectivity index (χ1n) is 5.21. The Morgan fingerprint density at radius 2 is 2.24 bits per heavy atom. The third kappa shape index (κ3) is 2.53. The summed E-state index contributed by atoms with van der Waals surface area (Å²) in [6, 6.07) is 5.43. The average molecular weight is 250 g/mol. The molecular weight excluding hydrogens is 238 g/mol. The molecule has 0 unspecified atom stereocenters. The zero-order valence-corrected chi connectivity index (χ0v) is 10.4. The molecule has 1 heterocycles. The van der Waals surface area contributed by atoms with E-state index in [-0.39, 0.29) is 12.2 Å². The minimum Gasteiger partial charge on any atom is -0.294 e. The fourth-order valence-electron chi connectivity index (χ4n) is 1.60. The Bertz CT molecular complexity index is 563. The van der Waals surface area contributed by atoms with Crippen LogP contribution in [-0.2, 0) is 13.5 Å². The van der Waals surface area contributed by atoms with Crippen molar-refractivity contribution in [3.8, 4) is 0 Å². The van der Waals surface area contributed by atoms with Gasteiger partial charge in [-0.15, -0.1) is 5.10 Å². The Kier molecular flexibility index (Phi) is 3.24. The van der Waals surface area contributed by atoms with Crippen molar-refractivity contribution in [1.29, 1.82) is 0 Å². The molecule has 2 rings (SSSR count). The second-order valence-electron chi connectivity index (χ2n) is 3.92. The molecule has 0 atom stereocenters. The lowest BCUT2D eigenvalue weighted by molar-refractivity contribution is 0.0992. The Labute approximate surface area is 104 Å². The van der Waals surface area contributed by atoms with Crippen LogP contribution in [0.1, 0.15) is 21.6 Å². The molecule has 0 radical (unpaired) electrons. The molecule has 1 aromatic carbocycles. The summed E-state index contributed by atoms with van der Waals surface area (Å²) in [5, 5.41) is 8.18. The molecule has 4 nitrogen and oxygen atoms in total. The lowest BCUT2D eigenvalue weighted by atomic mass is 10.0. The van der Waals surface area contributed by atoms with E-state index in [0.29, 0.717) is 16.3 Å². The maximum absolute atomic E-state index is 12.0. The van der Waals surface area contributed by atoms with Gasteiger partial charge < -0.3 is 0 Å². The summed E-state index contributed by atoms with van der Waals surface area (Å²) in [5.41, 5.74) is 2.09. The van der Waals surface area contributed by atoms with Gasteiger partial charge >= 0.3 is 0 Å². The fraction of sp³-hybridized carbons (Fsp3) is 0.250. The smallest absolute Gasteiger partial charge is 0.170 e. The lowest BCUT2D eigenvalue weighted by Crippen LogP contribution is -2.05. The molecule has 0 N–H and O–H groups in total. The molecule has 5 heteroatoms. The van der Waals surface area contributed by atoms with Gasteiger partial charge in [-0.3, -0.25) is 9.48 Å². The van der Waals surface area contributed by atoms with Crippen molar-refractivity contribution in [1.82, 2.24) is 15.0 Å². The minimum atomic E-state index is -0.0424. The quantitative estimate of drug-likeness (QED) is 0.784. The number of aromatic nitrogens is 3. The van der Waals surface area contributed by atoms with E-state index in [1.54, 1.807) is 24.0 Å². The first-order valence-corrected chi connectivity index (χ1v) is 5.59. The monoisotopic (exact) mass is 249 g/mol. The number of rotatable bonds is 3. The maximum atomic E-state index is 12.0. The van der Waals surface area contributed by atoms with Gasteiger partial charge in [-0.05, 0) is 18.6 Å². The van der Waals surface area contributed by atoms with E-state index in [2.05, 4.69) is 10.3 Å². The van der Waals surface area contributed by atoms with Crippen LogP contribution < -0.4 is 0 Å². The third-order valence-corrected chi connectivity index (χ3v) is 2.99. The van der Waals surface area contributed by atoms with E-state index < -0.39 is 0 Å². The van der Waals surface area contributed by atoms with Crippen molar-refractivity contribution in [2.24, 2.45) is 7.05 Å². The summed E-state index contributed by atoms with van der Waals surface area (Å²) in [6.07, 6.45) is 1.94. The van der Waals surface area contributed by atoms with E-state index in [9.17, 15) is 4.79 Å². The molecule has 88 valence electrons. The Morgan fingerprint density at radius 3 is 2.88 bits per heavy atom. The first kappa shape index (κ1) is 11.8. The predicted octanol–water partition coefficient (Wildman–Crippen LogP) is 2.20. The van der Waals surface area contributed by atoms with E-state index in [0.717, 1.165) is 5.56 Å². The van der Waals surface area contributed by atoms with Crippen LogP contribution in [0.3, 0.4) is 0 Å². The highest BCUT2D eigenvalue weighted by Crippen LogP contribution is 2.21. The van der Waals surface area contributed by atoms with Crippen molar-refractivity contribution < 1.29 is 4.79 Å². The fourth-order valence-corrected chi connectivity index (χ4v) is 1.83. The summed E-state index contributed by atoms with van der Waals surface area (Å²) in [6.45, 7) is 1.88. The van der Waals surface area contributed by atoms with Crippen LogP contribution in [0, 0.1) is 6.92 Å². The molecule has 0 amide bonds. The highest BCUT2D eigenvalue weighted by atomic mass is 35.5. The number of Topliss-reactive ketones (excluding diaryl/α,β-unsaturated/α-hetero) is 1. The molecule has 17 heavy (non-hydrogen) atoms. The normalized spacial score (nSPS) is 10.5. The Balaban J connectivity index is 2.23. The Morgan fingerprint density at radius 1 is 1.47 bits per heavy atom. The molecule has 2 aromatic rings. The van der Waals surface area contributed by atoms with Crippen LogP contribution in [0.25, 0.3) is 0 Å². The maximum Gasteiger partial charge on any atom is 0.170 e. The standard InChI is InChI=1S/C12H12ClN3O/c1-8-4-3-5-10(12(8)13)11(17)6-9-7-16(2)15-14-9/h3-5,7H,6H2,1-2H3. The van der Waals surface area contributed by atoms with Crippen molar-refractivity contribution in [3.63, 3.8) is 0 Å². The molecule has 0 aliphatic carbocycles. The molecule has 0 saturated heterocycles. The van der Waals surface area contributed by atoms with Crippen molar-refractivity contribution in [3.05, 3.63) is 46.2 Å². The van der Waals surface area contributed by atoms with Gasteiger partial charge in [0, 0.05) is 18.8 Å². The largest absolute Gasteiger partial charge is 0.294 e. The van der Waals surface area contributed by atoms with Gasteiger partial charge in [-0.2, -0.15) is 0 Å². The molecule has 0 fully saturated rings. The summed E-state index contributed by atoms with van der Waals surface area (Å²) >= 11 is 6.10. The van der Waals surface area contributed by atoms with Crippen molar-refractivity contribution in [2.75, 3.05) is 0 Å². The number of aryl methyl sites for hydroxylation is 2. The topological polar surface area (TPSA) is 47.8 Å². The van der Waals surface area contributed by atoms with Gasteiger partial charge in [-0.1, -0.05) is 28.9 Å². The van der Waals surface area contributed by atoms with Gasteiger partial charge in [0.25, 0.3) is 0 Å². The van der Waals surface area contributed by atoms with Crippen molar-refractivity contribution in [2.45, 2.75) is 13.3 Å². The zero-order valence-electron chi connectivity index (χ0n) is 9.64. The van der Waals surface area contributed by atoms with E-state index >= 15 is 0 Å². The number of halogens is 1. The van der Waals surface area contributed by atoms with E-state index in [4.69, 9.17) is 11.6 Å². The highest BCUT2D eigenvalue weighted by Gasteiger charge is 2.13. The van der Waals surface area contributed by atoms with Crippen LogP contribution in [0.5, 0.6) is 0 Å². The van der Waals surface area contributed by atoms with Gasteiger partial charge in [0.1, 0.15) is 0 Å². The van der Waals surface area contributed by atoms with Crippen molar-refractivity contribution >= 4 is 17.4 Å². The minimum absolute atomic E-state index is 0.0424. The van der Waals surface area contributed by atoms with Crippen LogP contribution in [0.4, 0.5) is 0 Å². The molecular formula is C12H12ClN3O. The third-order valence-electron chi connectivity index (χ3n) is 2.48. The second kappa shape index (κ2) is 4.67. The molecule has 0 spiro atoms. The number of carbonyl (C=O) groups is 1. The first-order chi connectivity index (χ1) is 8.08. The molecule has 0 aliphatic heterocycles. The summed E-state index contributed by atoms with van der Waals surface area (Å²) in [5.74, 6) is -0.0424. The number of nitrogens with zero attached hydrogens (tertiary/aromatic N) is 3. The Hall–Kier alpha value is -1.68. The average Bonchev–Trinajstić information content (AvgIpc) is 2.68. The van der Waals surface area contributed by atoms with E-state index in [1.807, 2.05) is 19.1 Å². The van der Waals surface area contributed by atoms with E-state index in [1.165, 1.54) is 0 Å². The summed E-state index contributed by atoms with van der Waals surface area (Å²) < 4.78 is 1.57. The second-order valence-corrected chi connectivity index (χ2v) is 4.30. The van der Waals surface area contributed by atoms with Gasteiger partial charge in [0.15, 0.2) is 5.78 Å². The molecule has 0 bridgehead atoms. The lowest BCUT2D eigenvalue weighted by Gasteiger charge is -2.04. The van der Waals surface area contributed by atoms with Gasteiger partial charge in [0.2, 0.25) is 0 Å². The number of carbonyl (C=O) groups excluding carboxylic acids is 1. The number of hydrogen-bond acceptors (Lipinski definition) is 3. The van der Waals surface area contributed by atoms with Crippen LogP contribution in [0.15, 0.2) is 24.4 Å². The molecule has 0 saturated carbocycles. The van der Waals surface area contributed by atoms with Crippen LogP contribution in [0.2, 0.25) is 5.02 Å². The van der Waals surface area contributed by atoms with Gasteiger partial charge in [0.05, 0.1) is 17.1 Å². The highest BCUT2D eigenvalue weighted by molar-refractivity contribution is 6.34.